The van der Waals surface area contributed by atoms with E-state index >= 15 is 0 Å². The van der Waals surface area contributed by atoms with Gasteiger partial charge in [-0.2, -0.15) is 0 Å². The van der Waals surface area contributed by atoms with E-state index in [1.54, 1.807) is 0 Å². The minimum atomic E-state index is -0.850. The van der Waals surface area contributed by atoms with Crippen LogP contribution >= 0.6 is 0 Å². The summed E-state index contributed by atoms with van der Waals surface area (Å²) in [6.07, 6.45) is 4.26. The molecule has 1 heterocycles. The molecular weight excluding hydrogens is 304 g/mol. The van der Waals surface area contributed by atoms with E-state index in [0.29, 0.717) is 18.4 Å². The molecule has 0 bridgehead atoms. The number of cyclic esters (lactones) is 1. The number of rotatable bonds is 2. The first-order valence-corrected chi connectivity index (χ1v) is 8.69. The molecule has 3 rings (SSSR count). The number of Topliss-reactive ketones (excluding diaryl/α,β-unsaturated/α-hetero) is 1. The van der Waals surface area contributed by atoms with Crippen molar-refractivity contribution in [3.05, 3.63) is 34.9 Å². The predicted molar refractivity (Wildman–Crippen MR) is 91.6 cm³/mol. The summed E-state index contributed by atoms with van der Waals surface area (Å²) in [4.78, 5) is 24.7. The number of carbonyl (C=O) groups excluding carboxylic acids is 2. The largest absolute Gasteiger partial charge is 0.509 e. The van der Waals surface area contributed by atoms with Gasteiger partial charge in [0.1, 0.15) is 0 Å². The van der Waals surface area contributed by atoms with Crippen LogP contribution in [0.3, 0.4) is 0 Å². The van der Waals surface area contributed by atoms with Crippen molar-refractivity contribution in [1.29, 1.82) is 0 Å². The molecule has 4 nitrogen and oxygen atoms in total. The summed E-state index contributed by atoms with van der Waals surface area (Å²) in [6, 6.07) is 0. The smallest absolute Gasteiger partial charge is 0.422 e. The van der Waals surface area contributed by atoms with Crippen molar-refractivity contribution in [2.24, 2.45) is 5.41 Å². The first kappa shape index (κ1) is 17.0. The number of hydrogen-bond donors (Lipinski definition) is 0. The van der Waals surface area contributed by atoms with Gasteiger partial charge >= 0.3 is 6.16 Å². The van der Waals surface area contributed by atoms with E-state index in [4.69, 9.17) is 9.47 Å². The lowest BCUT2D eigenvalue weighted by Gasteiger charge is -2.49. The van der Waals surface area contributed by atoms with Crippen LogP contribution in [-0.2, 0) is 14.3 Å². The average molecular weight is 330 g/mol. The van der Waals surface area contributed by atoms with Gasteiger partial charge in [-0.15, -0.1) is 0 Å². The zero-order valence-electron chi connectivity index (χ0n) is 15.0. The Kier molecular flexibility index (Phi) is 3.97. The van der Waals surface area contributed by atoms with Gasteiger partial charge in [-0.25, -0.2) is 4.79 Å². The molecule has 1 spiro atoms. The first-order valence-electron chi connectivity index (χ1n) is 8.69. The van der Waals surface area contributed by atoms with E-state index in [0.717, 1.165) is 30.4 Å². The van der Waals surface area contributed by atoms with Gasteiger partial charge in [0.25, 0.3) is 0 Å². The zero-order valence-corrected chi connectivity index (χ0v) is 15.0. The molecule has 1 aliphatic heterocycles. The Morgan fingerprint density at radius 2 is 1.83 bits per heavy atom. The molecule has 0 aromatic carbocycles. The van der Waals surface area contributed by atoms with Crippen LogP contribution in [0.4, 0.5) is 4.79 Å². The molecule has 1 saturated heterocycles. The second-order valence-corrected chi connectivity index (χ2v) is 7.73. The third-order valence-corrected chi connectivity index (χ3v) is 6.15. The summed E-state index contributed by atoms with van der Waals surface area (Å²) >= 11 is 0. The maximum absolute atomic E-state index is 12.6. The summed E-state index contributed by atoms with van der Waals surface area (Å²) in [5.41, 5.74) is 2.69. The fourth-order valence-corrected chi connectivity index (χ4v) is 4.75. The van der Waals surface area contributed by atoms with Gasteiger partial charge < -0.3 is 9.47 Å². The van der Waals surface area contributed by atoms with E-state index in [1.807, 2.05) is 13.0 Å². The molecule has 2 atom stereocenters. The van der Waals surface area contributed by atoms with E-state index in [2.05, 4.69) is 27.4 Å². The van der Waals surface area contributed by atoms with Crippen LogP contribution in [0.1, 0.15) is 59.8 Å². The molecule has 2 aliphatic carbocycles. The zero-order chi connectivity index (χ0) is 17.7. The standard InChI is InChI=1S/C20H26O4/c1-6-14-12(2)10-11-20(19(14,4)5)17(23-18(22)24-20)16-13(3)8-7-9-15(16)21/h6,17H,1,7-11H2,2-5H3/t17-,20+/m0/s1. The third-order valence-electron chi connectivity index (χ3n) is 6.15. The first-order chi connectivity index (χ1) is 11.2. The minimum Gasteiger partial charge on any atom is -0.422 e. The van der Waals surface area contributed by atoms with Crippen molar-refractivity contribution in [3.63, 3.8) is 0 Å². The number of allylic oxidation sites excluding steroid dienone is 3. The van der Waals surface area contributed by atoms with Crippen molar-refractivity contribution in [2.75, 3.05) is 0 Å². The lowest BCUT2D eigenvalue weighted by Crippen LogP contribution is -2.56. The molecule has 24 heavy (non-hydrogen) atoms. The van der Waals surface area contributed by atoms with E-state index in [-0.39, 0.29) is 5.78 Å². The number of ether oxygens (including phenoxy) is 2. The quantitative estimate of drug-likeness (QED) is 0.691. The van der Waals surface area contributed by atoms with Crippen LogP contribution in [0.2, 0.25) is 0 Å². The fourth-order valence-electron chi connectivity index (χ4n) is 4.75. The van der Waals surface area contributed by atoms with Gasteiger partial charge in [-0.1, -0.05) is 37.6 Å². The molecule has 0 N–H and O–H groups in total. The molecule has 4 heteroatoms. The van der Waals surface area contributed by atoms with Crippen molar-refractivity contribution < 1.29 is 19.1 Å². The highest BCUT2D eigenvalue weighted by Crippen LogP contribution is 2.56. The Morgan fingerprint density at radius 1 is 1.12 bits per heavy atom. The van der Waals surface area contributed by atoms with Crippen molar-refractivity contribution in [2.45, 2.75) is 71.5 Å². The third kappa shape index (κ3) is 2.19. The molecule has 0 radical (unpaired) electrons. The lowest BCUT2D eigenvalue weighted by atomic mass is 9.58. The number of hydrogen-bond acceptors (Lipinski definition) is 4. The van der Waals surface area contributed by atoms with E-state index < -0.39 is 23.3 Å². The summed E-state index contributed by atoms with van der Waals surface area (Å²) in [5.74, 6) is 0.0867. The highest BCUT2D eigenvalue weighted by Gasteiger charge is 2.64. The molecule has 3 aliphatic rings. The molecule has 0 unspecified atom stereocenters. The summed E-state index contributed by atoms with van der Waals surface area (Å²) < 4.78 is 11.4. The molecular formula is C20H26O4. The SMILES string of the molecule is C=CC1=C(C)CC[C@]2(OC(=O)O[C@H]2C2=C(C)CCCC2=O)C1(C)C. The summed E-state index contributed by atoms with van der Waals surface area (Å²) in [5, 5.41) is 0. The van der Waals surface area contributed by atoms with Gasteiger partial charge in [0.2, 0.25) is 0 Å². The van der Waals surface area contributed by atoms with Crippen molar-refractivity contribution in [1.82, 2.24) is 0 Å². The highest BCUT2D eigenvalue weighted by molar-refractivity contribution is 5.98. The molecule has 0 amide bonds. The number of ketones is 1. The Balaban J connectivity index is 2.17. The summed E-state index contributed by atoms with van der Waals surface area (Å²) in [6.45, 7) is 12.1. The minimum absolute atomic E-state index is 0.0867. The van der Waals surface area contributed by atoms with Gasteiger partial charge in [0.05, 0.1) is 0 Å². The normalized spacial score (nSPS) is 32.9. The van der Waals surface area contributed by atoms with Crippen LogP contribution in [0.15, 0.2) is 34.9 Å². The number of carbonyl (C=O) groups is 2. The molecule has 1 fully saturated rings. The van der Waals surface area contributed by atoms with Gasteiger partial charge in [0.15, 0.2) is 17.5 Å². The average Bonchev–Trinajstić information content (AvgIpc) is 2.82. The van der Waals surface area contributed by atoms with Gasteiger partial charge in [-0.05, 0) is 45.1 Å². The molecule has 130 valence electrons. The summed E-state index contributed by atoms with van der Waals surface area (Å²) in [7, 11) is 0. The molecule has 0 aromatic heterocycles. The Labute approximate surface area is 143 Å². The van der Waals surface area contributed by atoms with E-state index in [9.17, 15) is 9.59 Å². The Morgan fingerprint density at radius 3 is 2.46 bits per heavy atom. The van der Waals surface area contributed by atoms with E-state index in [1.165, 1.54) is 5.57 Å². The second kappa shape index (κ2) is 5.61. The monoisotopic (exact) mass is 330 g/mol. The topological polar surface area (TPSA) is 52.6 Å². The highest BCUT2D eigenvalue weighted by atomic mass is 16.8. The van der Waals surface area contributed by atoms with Crippen molar-refractivity contribution in [3.8, 4) is 0 Å². The maximum Gasteiger partial charge on any atom is 0.509 e. The van der Waals surface area contributed by atoms with Gasteiger partial charge in [0, 0.05) is 17.4 Å². The van der Waals surface area contributed by atoms with Gasteiger partial charge in [-0.3, -0.25) is 4.79 Å². The van der Waals surface area contributed by atoms with Crippen LogP contribution in [0.25, 0.3) is 0 Å². The Hall–Kier alpha value is -1.84. The Bertz CT molecular complexity index is 680. The predicted octanol–water partition coefficient (Wildman–Crippen LogP) is 4.65. The molecule has 0 saturated carbocycles. The molecule has 0 aromatic rings. The van der Waals surface area contributed by atoms with Crippen LogP contribution in [0.5, 0.6) is 0 Å². The van der Waals surface area contributed by atoms with Crippen molar-refractivity contribution >= 4 is 11.9 Å². The maximum atomic E-state index is 12.6. The lowest BCUT2D eigenvalue weighted by molar-refractivity contribution is -0.119. The van der Waals surface area contributed by atoms with Crippen LogP contribution in [-0.4, -0.2) is 23.6 Å². The second-order valence-electron chi connectivity index (χ2n) is 7.73. The fraction of sp³-hybridized carbons (Fsp3) is 0.600. The van der Waals surface area contributed by atoms with Crippen LogP contribution in [0, 0.1) is 5.41 Å². The van der Waals surface area contributed by atoms with Crippen LogP contribution < -0.4 is 0 Å².